The number of hydrogen-bond donors (Lipinski definition) is 3. The molecule has 0 radical (unpaired) electrons. The van der Waals surface area contributed by atoms with Crippen molar-refractivity contribution in [2.45, 2.75) is 57.2 Å². The van der Waals surface area contributed by atoms with Crippen LogP contribution >= 0.6 is 0 Å². The van der Waals surface area contributed by atoms with Crippen molar-refractivity contribution in [2.75, 3.05) is 6.61 Å². The van der Waals surface area contributed by atoms with E-state index < -0.39 is 11.8 Å². The number of carboxylic acids is 1. The fourth-order valence-corrected chi connectivity index (χ4v) is 6.05. The Balaban J connectivity index is 1.49. The Labute approximate surface area is 244 Å². The number of aryl methyl sites for hydroxylation is 1. The van der Waals surface area contributed by atoms with E-state index in [0.717, 1.165) is 52.8 Å². The van der Waals surface area contributed by atoms with Crippen LogP contribution in [0.1, 0.15) is 67.2 Å². The van der Waals surface area contributed by atoms with Crippen molar-refractivity contribution >= 4 is 23.2 Å². The number of nitrogens with zero attached hydrogens (tertiary/aromatic N) is 2. The molecule has 0 saturated carbocycles. The first-order chi connectivity index (χ1) is 20.5. The molecule has 0 fully saturated rings. The SMILES string of the molecule is NC(N)=NN=C1CCc2cc(OCCCCC(=O)O)c3c(c2C2=C1CCC2)OC(c1ccccc1)(c1ccccc1)O3. The van der Waals surface area contributed by atoms with Gasteiger partial charge >= 0.3 is 11.8 Å². The largest absolute Gasteiger partial charge is 0.490 e. The van der Waals surface area contributed by atoms with E-state index in [9.17, 15) is 4.79 Å². The maximum Gasteiger partial charge on any atom is 0.305 e. The van der Waals surface area contributed by atoms with Gasteiger partial charge in [0, 0.05) is 23.1 Å². The molecule has 1 aliphatic heterocycles. The van der Waals surface area contributed by atoms with Crippen molar-refractivity contribution in [3.05, 3.63) is 94.6 Å². The quantitative estimate of drug-likeness (QED) is 0.134. The number of fused-ring (bicyclic) bond motifs is 4. The number of carbonyl (C=O) groups is 1. The van der Waals surface area contributed by atoms with E-state index in [1.54, 1.807) is 0 Å². The normalized spacial score (nSPS) is 17.4. The molecular weight excluding hydrogens is 532 g/mol. The average Bonchev–Trinajstić information content (AvgIpc) is 3.61. The first-order valence-corrected chi connectivity index (χ1v) is 14.4. The second-order valence-electron chi connectivity index (χ2n) is 10.7. The number of hydrogen-bond acceptors (Lipinski definition) is 6. The summed E-state index contributed by atoms with van der Waals surface area (Å²) in [6, 6.07) is 21.9. The Morgan fingerprint density at radius 1 is 0.881 bits per heavy atom. The van der Waals surface area contributed by atoms with Crippen molar-refractivity contribution in [2.24, 2.45) is 21.7 Å². The van der Waals surface area contributed by atoms with Gasteiger partial charge in [-0.2, -0.15) is 5.10 Å². The van der Waals surface area contributed by atoms with Crippen LogP contribution in [0.3, 0.4) is 0 Å². The summed E-state index contributed by atoms with van der Waals surface area (Å²) in [5, 5.41) is 17.5. The molecule has 0 unspecified atom stereocenters. The minimum Gasteiger partial charge on any atom is -0.490 e. The van der Waals surface area contributed by atoms with Gasteiger partial charge in [0.05, 0.1) is 12.3 Å². The van der Waals surface area contributed by atoms with Gasteiger partial charge in [-0.3, -0.25) is 4.79 Å². The minimum absolute atomic E-state index is 0.0730. The lowest BCUT2D eigenvalue weighted by Gasteiger charge is -2.29. The van der Waals surface area contributed by atoms with Crippen molar-refractivity contribution < 1.29 is 24.1 Å². The molecule has 9 nitrogen and oxygen atoms in total. The first kappa shape index (κ1) is 27.4. The summed E-state index contributed by atoms with van der Waals surface area (Å²) in [5.41, 5.74) is 18.3. The van der Waals surface area contributed by atoms with Gasteiger partial charge in [-0.05, 0) is 67.7 Å². The lowest BCUT2D eigenvalue weighted by molar-refractivity contribution is -0.137. The van der Waals surface area contributed by atoms with Crippen molar-refractivity contribution in [1.82, 2.24) is 0 Å². The number of unbranched alkanes of at least 4 members (excludes halogenated alkanes) is 1. The lowest BCUT2D eigenvalue weighted by Crippen LogP contribution is -2.36. The molecule has 0 bridgehead atoms. The standard InChI is InChI=1S/C33H34N4O5/c34-32(35)37-36-26-18-17-21-20-27(40-19-8-7-16-28(38)39)30-31(29(21)25-15-9-14-24(25)26)42-33(41-30,22-10-3-1-4-11-22)23-12-5-2-6-13-23/h1-6,10-13,20H,7-9,14-19H2,(H,38,39)(H4,34,35,37). The molecule has 3 aliphatic rings. The van der Waals surface area contributed by atoms with E-state index >= 15 is 0 Å². The van der Waals surface area contributed by atoms with Gasteiger partial charge in [-0.25, -0.2) is 0 Å². The van der Waals surface area contributed by atoms with Crippen LogP contribution in [0.15, 0.2) is 82.5 Å². The lowest BCUT2D eigenvalue weighted by atomic mass is 9.95. The van der Waals surface area contributed by atoms with E-state index in [-0.39, 0.29) is 12.4 Å². The Bertz CT molecular complexity index is 1540. The number of rotatable bonds is 9. The van der Waals surface area contributed by atoms with Gasteiger partial charge in [0.2, 0.25) is 11.7 Å². The monoisotopic (exact) mass is 566 g/mol. The van der Waals surface area contributed by atoms with Gasteiger partial charge in [-0.15, -0.1) is 5.10 Å². The topological polar surface area (TPSA) is 142 Å². The van der Waals surface area contributed by atoms with E-state index in [2.05, 4.69) is 10.2 Å². The van der Waals surface area contributed by atoms with Gasteiger partial charge in [0.1, 0.15) is 0 Å². The molecule has 0 saturated heterocycles. The third kappa shape index (κ3) is 5.18. The van der Waals surface area contributed by atoms with Crippen molar-refractivity contribution in [1.29, 1.82) is 0 Å². The molecule has 0 spiro atoms. The number of carboxylic acid groups (broad SMARTS) is 1. The molecule has 2 aliphatic carbocycles. The predicted octanol–water partition coefficient (Wildman–Crippen LogP) is 5.51. The van der Waals surface area contributed by atoms with E-state index in [4.69, 9.17) is 30.8 Å². The first-order valence-electron chi connectivity index (χ1n) is 14.4. The van der Waals surface area contributed by atoms with Crippen molar-refractivity contribution in [3.63, 3.8) is 0 Å². The molecule has 0 amide bonds. The zero-order chi connectivity index (χ0) is 29.1. The van der Waals surface area contributed by atoms with Crippen LogP contribution in [0, 0.1) is 0 Å². The van der Waals surface area contributed by atoms with E-state index in [1.807, 2.05) is 66.7 Å². The predicted molar refractivity (Wildman–Crippen MR) is 161 cm³/mol. The van der Waals surface area contributed by atoms with Gasteiger partial charge in [0.25, 0.3) is 0 Å². The number of ether oxygens (including phenoxy) is 3. The highest BCUT2D eigenvalue weighted by Crippen LogP contribution is 2.58. The van der Waals surface area contributed by atoms with Crippen molar-refractivity contribution in [3.8, 4) is 17.2 Å². The molecule has 1 heterocycles. The molecule has 3 aromatic carbocycles. The second kappa shape index (κ2) is 11.6. The number of nitrogens with two attached hydrogens (primary N) is 2. The zero-order valence-corrected chi connectivity index (χ0v) is 23.3. The zero-order valence-electron chi connectivity index (χ0n) is 23.3. The fraction of sp³-hybridized carbons (Fsp3) is 0.303. The van der Waals surface area contributed by atoms with Gasteiger partial charge in [0.15, 0.2) is 11.5 Å². The molecule has 3 aromatic rings. The highest BCUT2D eigenvalue weighted by Gasteiger charge is 2.49. The molecule has 9 heteroatoms. The number of aliphatic carboxylic acids is 1. The van der Waals surface area contributed by atoms with Crippen LogP contribution in [0.5, 0.6) is 17.2 Å². The Morgan fingerprint density at radius 2 is 1.55 bits per heavy atom. The summed E-state index contributed by atoms with van der Waals surface area (Å²) in [5.74, 6) is -0.329. The summed E-state index contributed by atoms with van der Waals surface area (Å²) in [6.07, 6.45) is 5.34. The fourth-order valence-electron chi connectivity index (χ4n) is 6.05. The maximum atomic E-state index is 11.0. The average molecular weight is 567 g/mol. The van der Waals surface area contributed by atoms with Crippen LogP contribution in [0.2, 0.25) is 0 Å². The molecule has 6 rings (SSSR count). The van der Waals surface area contributed by atoms with Crippen LogP contribution in [0.25, 0.3) is 5.57 Å². The molecule has 0 aromatic heterocycles. The van der Waals surface area contributed by atoms with Crippen LogP contribution in [-0.4, -0.2) is 29.4 Å². The second-order valence-corrected chi connectivity index (χ2v) is 10.7. The Kier molecular flexibility index (Phi) is 7.56. The van der Waals surface area contributed by atoms with Crippen LogP contribution in [-0.2, 0) is 17.0 Å². The third-order valence-corrected chi connectivity index (χ3v) is 7.91. The summed E-state index contributed by atoms with van der Waals surface area (Å²) in [7, 11) is 0. The number of guanidine groups is 1. The highest BCUT2D eigenvalue weighted by atomic mass is 16.7. The van der Waals surface area contributed by atoms with E-state index in [1.165, 1.54) is 5.57 Å². The molecule has 216 valence electrons. The summed E-state index contributed by atoms with van der Waals surface area (Å²) in [4.78, 5) is 11.0. The van der Waals surface area contributed by atoms with Crippen LogP contribution < -0.4 is 25.7 Å². The Hall–Kier alpha value is -4.79. The Morgan fingerprint density at radius 3 is 2.21 bits per heavy atom. The highest BCUT2D eigenvalue weighted by molar-refractivity contribution is 6.09. The maximum absolute atomic E-state index is 11.0. The number of benzene rings is 3. The summed E-state index contributed by atoms with van der Waals surface area (Å²) >= 11 is 0. The van der Waals surface area contributed by atoms with Crippen LogP contribution in [0.4, 0.5) is 0 Å². The summed E-state index contributed by atoms with van der Waals surface area (Å²) in [6.45, 7) is 0.358. The number of allylic oxidation sites excluding steroid dienone is 2. The summed E-state index contributed by atoms with van der Waals surface area (Å²) < 4.78 is 20.3. The minimum atomic E-state index is -1.22. The third-order valence-electron chi connectivity index (χ3n) is 7.91. The molecule has 5 N–H and O–H groups in total. The van der Waals surface area contributed by atoms with Gasteiger partial charge < -0.3 is 30.8 Å². The molecule has 0 atom stereocenters. The molecule has 42 heavy (non-hydrogen) atoms. The molecular formula is C33H34N4O5. The smallest absolute Gasteiger partial charge is 0.305 e. The van der Waals surface area contributed by atoms with Gasteiger partial charge in [-0.1, -0.05) is 60.7 Å². The van der Waals surface area contributed by atoms with E-state index in [0.29, 0.717) is 49.5 Å².